The fourth-order valence-electron chi connectivity index (χ4n) is 10.2. The number of likely N-dealkylation sites (tertiary alicyclic amines) is 1. The number of hydrogen-bond donors (Lipinski definition) is 2. The molecule has 0 spiro atoms. The van der Waals surface area contributed by atoms with Crippen LogP contribution in [0.5, 0.6) is 5.75 Å². The molecule has 0 radical (unpaired) electrons. The van der Waals surface area contributed by atoms with Gasteiger partial charge in [-0.2, -0.15) is 0 Å². The molecule has 73 heavy (non-hydrogen) atoms. The summed E-state index contributed by atoms with van der Waals surface area (Å²) in [5.41, 5.74) is 8.10. The Balaban J connectivity index is 0.780. The van der Waals surface area contributed by atoms with Crippen LogP contribution < -0.4 is 20.3 Å². The molecule has 7 heterocycles. The molecule has 3 amide bonds. The lowest BCUT2D eigenvalue weighted by atomic mass is 9.85. The molecule has 6 atom stereocenters. The number of carbonyl (C=O) groups excluding carboxylic acids is 4. The highest BCUT2D eigenvalue weighted by Crippen LogP contribution is 2.40. The maximum atomic E-state index is 14.3. The average Bonchev–Trinajstić information content (AvgIpc) is 4.20. The van der Waals surface area contributed by atoms with Crippen LogP contribution >= 0.6 is 34.3 Å². The summed E-state index contributed by atoms with van der Waals surface area (Å²) in [6.45, 7) is 19.3. The highest BCUT2D eigenvalue weighted by Gasteiger charge is 2.44. The standard InChI is InChI=1S/C55H63ClN10O5S2/c1-30-22-44(52(69)59-32(3)37-10-12-39(13-11-37)49-33(4)58-29-72-49)65(26-30)53(70)50(55(7,8)9)61-46(68)28-71-42-18-19-45(57-25-42)64-21-20-36(27-64)23-41(67)24-43-51-63-62-35(6)66(51)54-47(31(2)34(5)73-54)48(60-43)38-14-16-40(56)17-15-38/h10-19,25,29-30,32,36,43-44,50H,20-24,26-28H2,1-9H3,(H,59,69)(H,61,68)/t30-,32+,36-,43+,44+,50-/m1/s1. The summed E-state index contributed by atoms with van der Waals surface area (Å²) in [5, 5.41) is 16.7. The van der Waals surface area contributed by atoms with Crippen LogP contribution in [0.2, 0.25) is 5.02 Å². The summed E-state index contributed by atoms with van der Waals surface area (Å²) in [5.74, 6) is 1.91. The largest absolute Gasteiger partial charge is 0.482 e. The molecule has 9 rings (SSSR count). The molecule has 0 bridgehead atoms. The molecule has 3 aliphatic heterocycles. The van der Waals surface area contributed by atoms with Crippen molar-refractivity contribution in [2.45, 2.75) is 112 Å². The Morgan fingerprint density at radius 2 is 1.64 bits per heavy atom. The topological polar surface area (TPSA) is 177 Å². The number of fused-ring (bicyclic) bond motifs is 3. The van der Waals surface area contributed by atoms with Gasteiger partial charge in [-0.05, 0) is 106 Å². The van der Waals surface area contributed by atoms with Gasteiger partial charge in [0.2, 0.25) is 11.8 Å². The van der Waals surface area contributed by atoms with E-state index >= 15 is 0 Å². The van der Waals surface area contributed by atoms with E-state index in [1.807, 2.05) is 109 Å². The van der Waals surface area contributed by atoms with Crippen molar-refractivity contribution in [1.82, 2.24) is 40.3 Å². The van der Waals surface area contributed by atoms with Crippen molar-refractivity contribution in [2.75, 3.05) is 31.1 Å². The fourth-order valence-corrected chi connectivity index (χ4v) is 12.4. The van der Waals surface area contributed by atoms with E-state index < -0.39 is 29.4 Å². The minimum Gasteiger partial charge on any atom is -0.482 e. The van der Waals surface area contributed by atoms with Crippen molar-refractivity contribution >= 4 is 69.3 Å². The van der Waals surface area contributed by atoms with Gasteiger partial charge in [0.1, 0.15) is 46.3 Å². The van der Waals surface area contributed by atoms with Gasteiger partial charge in [-0.3, -0.25) is 28.7 Å². The summed E-state index contributed by atoms with van der Waals surface area (Å²) in [6, 6.07) is 17.0. The predicted molar refractivity (Wildman–Crippen MR) is 287 cm³/mol. The first-order valence-electron chi connectivity index (χ1n) is 24.9. The zero-order chi connectivity index (χ0) is 51.9. The summed E-state index contributed by atoms with van der Waals surface area (Å²) in [4.78, 5) is 76.1. The zero-order valence-corrected chi connectivity index (χ0v) is 45.3. The predicted octanol–water partition coefficient (Wildman–Crippen LogP) is 9.53. The first-order chi connectivity index (χ1) is 34.8. The van der Waals surface area contributed by atoms with Crippen molar-refractivity contribution in [2.24, 2.45) is 22.2 Å². The number of aliphatic imine (C=N–C) groups is 1. The van der Waals surface area contributed by atoms with Crippen molar-refractivity contribution in [3.05, 3.63) is 122 Å². The van der Waals surface area contributed by atoms with Crippen LogP contribution in [0.25, 0.3) is 15.4 Å². The van der Waals surface area contributed by atoms with E-state index in [4.69, 9.17) is 21.3 Å². The molecule has 15 nitrogen and oxygen atoms in total. The number of aromatic nitrogens is 5. The number of ether oxygens (including phenoxy) is 1. The third-order valence-electron chi connectivity index (χ3n) is 14.3. The lowest BCUT2D eigenvalue weighted by Crippen LogP contribution is -2.58. The molecule has 382 valence electrons. The molecule has 2 N–H and O–H groups in total. The third kappa shape index (κ3) is 11.1. The maximum absolute atomic E-state index is 14.3. The number of benzene rings is 2. The summed E-state index contributed by atoms with van der Waals surface area (Å²) >= 11 is 9.57. The van der Waals surface area contributed by atoms with E-state index in [1.165, 1.54) is 4.88 Å². The normalized spacial score (nSPS) is 19.4. The Hall–Kier alpha value is -6.30. The summed E-state index contributed by atoms with van der Waals surface area (Å²) < 4.78 is 7.96. The number of halogens is 1. The first-order valence-corrected chi connectivity index (χ1v) is 27.0. The van der Waals surface area contributed by atoms with E-state index in [2.05, 4.69) is 54.1 Å². The van der Waals surface area contributed by atoms with Gasteiger partial charge in [0.15, 0.2) is 12.4 Å². The van der Waals surface area contributed by atoms with Crippen molar-refractivity contribution in [3.8, 4) is 21.2 Å². The number of Topliss-reactive ketones (excluding diaryl/α,β-unsaturated/α-hetero) is 1. The van der Waals surface area contributed by atoms with Crippen LogP contribution in [0.3, 0.4) is 0 Å². The SMILES string of the molecule is Cc1ncsc1-c1ccc([C@H](C)NC(=O)[C@@H]2C[C@@H](C)CN2C(=O)[C@@H](NC(=O)COc2ccc(N3CC[C@H](CC(=O)C[C@@H]4N=C(c5ccc(Cl)cc5)c5c(sc(C)c5C)-n5c(C)nnc54)C3)nc2)C(C)(C)C)cc1. The maximum Gasteiger partial charge on any atom is 0.258 e. The van der Waals surface area contributed by atoms with Gasteiger partial charge in [-0.1, -0.05) is 75.7 Å². The molecular weight excluding hydrogens is 980 g/mol. The van der Waals surface area contributed by atoms with Crippen LogP contribution in [0.15, 0.2) is 77.4 Å². The summed E-state index contributed by atoms with van der Waals surface area (Å²) in [6.07, 6.45) is 3.53. The molecule has 2 saturated heterocycles. The number of aryl methyl sites for hydroxylation is 3. The molecular formula is C55H63ClN10O5S2. The highest BCUT2D eigenvalue weighted by atomic mass is 35.5. The second-order valence-electron chi connectivity index (χ2n) is 20.9. The number of thiazole rings is 1. The quantitative estimate of drug-likeness (QED) is 0.101. The summed E-state index contributed by atoms with van der Waals surface area (Å²) in [7, 11) is 0. The minimum atomic E-state index is -0.904. The van der Waals surface area contributed by atoms with Crippen LogP contribution in [0.4, 0.5) is 5.82 Å². The van der Waals surface area contributed by atoms with E-state index in [-0.39, 0.29) is 48.5 Å². The van der Waals surface area contributed by atoms with Gasteiger partial charge in [-0.15, -0.1) is 32.9 Å². The van der Waals surface area contributed by atoms with E-state index in [9.17, 15) is 19.2 Å². The monoisotopic (exact) mass is 1040 g/mol. The Morgan fingerprint density at radius 3 is 2.33 bits per heavy atom. The van der Waals surface area contributed by atoms with Gasteiger partial charge < -0.3 is 25.2 Å². The molecule has 0 aliphatic carbocycles. The smallest absolute Gasteiger partial charge is 0.258 e. The number of hydrogen-bond acceptors (Lipinski definition) is 13. The number of rotatable bonds is 15. The van der Waals surface area contributed by atoms with E-state index in [0.717, 1.165) is 73.7 Å². The van der Waals surface area contributed by atoms with Gasteiger partial charge in [0.25, 0.3) is 5.91 Å². The third-order valence-corrected chi connectivity index (χ3v) is 16.7. The molecule has 4 aromatic heterocycles. The number of nitrogens with zero attached hydrogens (tertiary/aromatic N) is 8. The molecule has 2 fully saturated rings. The van der Waals surface area contributed by atoms with Crippen molar-refractivity contribution in [3.63, 3.8) is 0 Å². The second-order valence-corrected chi connectivity index (χ2v) is 23.4. The van der Waals surface area contributed by atoms with Crippen LogP contribution in [0, 0.1) is 44.9 Å². The zero-order valence-electron chi connectivity index (χ0n) is 42.9. The Kier molecular flexibility index (Phi) is 15.0. The number of ketones is 1. The fraction of sp³-hybridized carbons (Fsp3) is 0.436. The van der Waals surface area contributed by atoms with Gasteiger partial charge in [0.05, 0.1) is 34.0 Å². The lowest BCUT2D eigenvalue weighted by molar-refractivity contribution is -0.144. The Labute approximate surface area is 439 Å². The molecule has 0 unspecified atom stereocenters. The number of carbonyl (C=O) groups is 4. The molecule has 6 aromatic rings. The van der Waals surface area contributed by atoms with Gasteiger partial charge >= 0.3 is 0 Å². The average molecular weight is 1040 g/mol. The molecule has 2 aromatic carbocycles. The molecule has 0 saturated carbocycles. The van der Waals surface area contributed by atoms with E-state index in [1.54, 1.807) is 39.8 Å². The second kappa shape index (κ2) is 21.3. The number of anilines is 1. The number of pyridine rings is 1. The molecule has 3 aliphatic rings. The van der Waals surface area contributed by atoms with Crippen LogP contribution in [-0.2, 0) is 19.2 Å². The Bertz CT molecular complexity index is 3050. The van der Waals surface area contributed by atoms with E-state index in [0.29, 0.717) is 42.5 Å². The Morgan fingerprint density at radius 1 is 0.904 bits per heavy atom. The van der Waals surface area contributed by atoms with Crippen molar-refractivity contribution in [1.29, 1.82) is 0 Å². The molecule has 18 heteroatoms. The van der Waals surface area contributed by atoms with Gasteiger partial charge in [0, 0.05) is 53.5 Å². The van der Waals surface area contributed by atoms with Crippen LogP contribution in [-0.4, -0.2) is 97.2 Å². The number of nitrogens with one attached hydrogen (secondary N) is 2. The number of amides is 3. The van der Waals surface area contributed by atoms with Crippen molar-refractivity contribution < 1.29 is 23.9 Å². The minimum absolute atomic E-state index is 0.0992. The first kappa shape index (κ1) is 51.6. The highest BCUT2D eigenvalue weighted by molar-refractivity contribution is 7.15. The van der Waals surface area contributed by atoms with Gasteiger partial charge in [-0.25, -0.2) is 9.97 Å². The number of thiophene rings is 1. The lowest BCUT2D eigenvalue weighted by Gasteiger charge is -2.35. The van der Waals surface area contributed by atoms with Crippen LogP contribution in [0.1, 0.15) is 117 Å².